The molecular formula is C24H24N2O7. The van der Waals surface area contributed by atoms with Crippen LogP contribution in [0.15, 0.2) is 53.1 Å². The topological polar surface area (TPSA) is 115 Å². The van der Waals surface area contributed by atoms with Crippen molar-refractivity contribution in [1.82, 2.24) is 0 Å². The number of ether oxygens (including phenoxy) is 3. The van der Waals surface area contributed by atoms with Crippen molar-refractivity contribution >= 4 is 35.3 Å². The molecule has 33 heavy (non-hydrogen) atoms. The Morgan fingerprint density at radius 3 is 2.39 bits per heavy atom. The number of benzene rings is 2. The molecule has 0 saturated heterocycles. The Labute approximate surface area is 190 Å². The Bertz CT molecular complexity index is 1120. The van der Waals surface area contributed by atoms with Crippen LogP contribution in [0.5, 0.6) is 11.5 Å². The highest BCUT2D eigenvalue weighted by molar-refractivity contribution is 6.32. The second-order valence-electron chi connectivity index (χ2n) is 6.95. The lowest BCUT2D eigenvalue weighted by Gasteiger charge is -2.13. The summed E-state index contributed by atoms with van der Waals surface area (Å²) < 4.78 is 16.0. The number of carboxylic acid groups (broad SMARTS) is 1. The predicted octanol–water partition coefficient (Wildman–Crippen LogP) is 3.53. The quantitative estimate of drug-likeness (QED) is 0.457. The summed E-state index contributed by atoms with van der Waals surface area (Å²) in [5.74, 6) is -1.05. The monoisotopic (exact) mass is 452 g/mol. The Hall–Kier alpha value is -4.14. The zero-order valence-electron chi connectivity index (χ0n) is 18.5. The number of carbonyl (C=O) groups excluding carboxylic acids is 2. The Kier molecular flexibility index (Phi) is 7.45. The minimum atomic E-state index is -1.05. The number of hydrogen-bond acceptors (Lipinski definition) is 7. The zero-order valence-corrected chi connectivity index (χ0v) is 18.5. The number of amides is 1. The van der Waals surface area contributed by atoms with Crippen LogP contribution in [-0.2, 0) is 14.3 Å². The highest BCUT2D eigenvalue weighted by Crippen LogP contribution is 2.31. The van der Waals surface area contributed by atoms with Crippen LogP contribution in [0.25, 0.3) is 6.08 Å². The summed E-state index contributed by atoms with van der Waals surface area (Å²) in [5.41, 5.74) is 2.17. The number of anilines is 1. The fourth-order valence-corrected chi connectivity index (χ4v) is 3.11. The minimum absolute atomic E-state index is 0.121. The highest BCUT2D eigenvalue weighted by Gasteiger charge is 2.29. The lowest BCUT2D eigenvalue weighted by atomic mass is 10.1. The maximum Gasteiger partial charge on any atom is 0.344 e. The molecule has 2 aromatic carbocycles. The van der Waals surface area contributed by atoms with Crippen molar-refractivity contribution in [3.8, 4) is 11.5 Å². The maximum absolute atomic E-state index is 13.0. The van der Waals surface area contributed by atoms with Gasteiger partial charge in [-0.05, 0) is 68.8 Å². The van der Waals surface area contributed by atoms with E-state index < -0.39 is 11.9 Å². The van der Waals surface area contributed by atoms with E-state index in [9.17, 15) is 14.4 Å². The van der Waals surface area contributed by atoms with E-state index in [1.165, 1.54) is 29.3 Å². The Morgan fingerprint density at radius 2 is 1.76 bits per heavy atom. The van der Waals surface area contributed by atoms with E-state index in [0.717, 1.165) is 0 Å². The van der Waals surface area contributed by atoms with E-state index in [-0.39, 0.29) is 24.7 Å². The summed E-state index contributed by atoms with van der Waals surface area (Å²) in [6, 6.07) is 11.0. The summed E-state index contributed by atoms with van der Waals surface area (Å²) in [5, 5.41) is 14.6. The molecule has 9 nitrogen and oxygen atoms in total. The van der Waals surface area contributed by atoms with Crippen molar-refractivity contribution in [1.29, 1.82) is 0 Å². The number of carboxylic acids is 1. The lowest BCUT2D eigenvalue weighted by molar-refractivity contribution is -0.145. The first-order valence-electron chi connectivity index (χ1n) is 10.3. The van der Waals surface area contributed by atoms with Crippen molar-refractivity contribution in [2.75, 3.05) is 24.8 Å². The van der Waals surface area contributed by atoms with Gasteiger partial charge in [0.2, 0.25) is 0 Å². The van der Waals surface area contributed by atoms with E-state index in [2.05, 4.69) is 5.10 Å². The number of esters is 1. The molecule has 0 saturated carbocycles. The molecule has 0 atom stereocenters. The molecule has 9 heteroatoms. The van der Waals surface area contributed by atoms with Gasteiger partial charge < -0.3 is 19.3 Å². The molecule has 0 unspecified atom stereocenters. The second kappa shape index (κ2) is 10.4. The molecule has 0 aromatic heterocycles. The summed E-state index contributed by atoms with van der Waals surface area (Å²) in [6.45, 7) is 5.67. The molecule has 0 aliphatic carbocycles. The van der Waals surface area contributed by atoms with Crippen LogP contribution in [0.2, 0.25) is 0 Å². The van der Waals surface area contributed by atoms with Gasteiger partial charge >= 0.3 is 11.9 Å². The van der Waals surface area contributed by atoms with Gasteiger partial charge in [0.05, 0.1) is 35.7 Å². The number of nitrogens with zero attached hydrogens (tertiary/aromatic N) is 2. The Morgan fingerprint density at radius 1 is 1.03 bits per heavy atom. The molecule has 0 fully saturated rings. The van der Waals surface area contributed by atoms with Crippen LogP contribution in [0.3, 0.4) is 0 Å². The van der Waals surface area contributed by atoms with Crippen LogP contribution in [0.4, 0.5) is 5.69 Å². The van der Waals surface area contributed by atoms with Gasteiger partial charge in [0.15, 0.2) is 18.1 Å². The number of rotatable bonds is 9. The molecule has 0 radical (unpaired) electrons. The largest absolute Gasteiger partial charge is 0.490 e. The molecule has 172 valence electrons. The number of carbonyl (C=O) groups is 3. The van der Waals surface area contributed by atoms with Gasteiger partial charge in [-0.3, -0.25) is 4.79 Å². The SMILES string of the molecule is CCOC(=O)COc1ccc(/C=C2/C(=O)N(c3ccc(C(=O)O)cc3)N=C2C)cc1OCC. The molecule has 1 N–H and O–H groups in total. The second-order valence-corrected chi connectivity index (χ2v) is 6.95. The minimum Gasteiger partial charge on any atom is -0.490 e. The zero-order chi connectivity index (χ0) is 24.0. The lowest BCUT2D eigenvalue weighted by Crippen LogP contribution is -2.21. The summed E-state index contributed by atoms with van der Waals surface area (Å²) in [4.78, 5) is 35.6. The molecule has 3 rings (SSSR count). The average molecular weight is 452 g/mol. The molecule has 1 heterocycles. The maximum atomic E-state index is 13.0. The van der Waals surface area contributed by atoms with Gasteiger partial charge in [-0.2, -0.15) is 10.1 Å². The molecular weight excluding hydrogens is 428 g/mol. The standard InChI is InChI=1S/C24H24N2O7/c1-4-31-21-13-16(6-11-20(21)33-14-22(27)32-5-2)12-19-15(3)25-26(23(19)28)18-9-7-17(8-10-18)24(29)30/h6-13H,4-5,14H2,1-3H3,(H,29,30)/b19-12+. The van der Waals surface area contributed by atoms with Gasteiger partial charge in [0.25, 0.3) is 5.91 Å². The third kappa shape index (κ3) is 5.57. The van der Waals surface area contributed by atoms with Gasteiger partial charge in [-0.25, -0.2) is 9.59 Å². The van der Waals surface area contributed by atoms with E-state index in [1.807, 2.05) is 6.92 Å². The van der Waals surface area contributed by atoms with E-state index in [4.69, 9.17) is 19.3 Å². The molecule has 0 bridgehead atoms. The fraction of sp³-hybridized carbons (Fsp3) is 0.250. The van der Waals surface area contributed by atoms with Crippen molar-refractivity contribution in [3.63, 3.8) is 0 Å². The first kappa shape index (κ1) is 23.5. The molecule has 1 aliphatic heterocycles. The molecule has 1 amide bonds. The first-order chi connectivity index (χ1) is 15.8. The normalized spacial score (nSPS) is 14.3. The van der Waals surface area contributed by atoms with Crippen molar-refractivity contribution in [2.24, 2.45) is 5.10 Å². The number of hydrazone groups is 1. The fourth-order valence-electron chi connectivity index (χ4n) is 3.11. The van der Waals surface area contributed by atoms with Crippen LogP contribution >= 0.6 is 0 Å². The number of aromatic carboxylic acids is 1. The summed E-state index contributed by atoms with van der Waals surface area (Å²) in [7, 11) is 0. The van der Waals surface area contributed by atoms with Crippen molar-refractivity contribution in [3.05, 3.63) is 59.2 Å². The molecule has 0 spiro atoms. The number of hydrogen-bond donors (Lipinski definition) is 1. The van der Waals surface area contributed by atoms with Crippen molar-refractivity contribution in [2.45, 2.75) is 20.8 Å². The van der Waals surface area contributed by atoms with Crippen LogP contribution in [0.1, 0.15) is 36.7 Å². The summed E-state index contributed by atoms with van der Waals surface area (Å²) >= 11 is 0. The van der Waals surface area contributed by atoms with Crippen LogP contribution < -0.4 is 14.5 Å². The van der Waals surface area contributed by atoms with E-state index in [0.29, 0.717) is 40.6 Å². The third-order valence-electron chi connectivity index (χ3n) is 4.65. The highest BCUT2D eigenvalue weighted by atomic mass is 16.6. The summed E-state index contributed by atoms with van der Waals surface area (Å²) in [6.07, 6.45) is 1.68. The van der Waals surface area contributed by atoms with Crippen LogP contribution in [0, 0.1) is 0 Å². The van der Waals surface area contributed by atoms with E-state index in [1.54, 1.807) is 38.1 Å². The first-order valence-corrected chi connectivity index (χ1v) is 10.3. The van der Waals surface area contributed by atoms with E-state index >= 15 is 0 Å². The molecule has 2 aromatic rings. The molecule has 1 aliphatic rings. The smallest absolute Gasteiger partial charge is 0.344 e. The Balaban J connectivity index is 1.82. The van der Waals surface area contributed by atoms with Crippen LogP contribution in [-0.4, -0.2) is 48.5 Å². The van der Waals surface area contributed by atoms with Crippen molar-refractivity contribution < 1.29 is 33.7 Å². The van der Waals surface area contributed by atoms with Gasteiger partial charge in [-0.1, -0.05) is 6.07 Å². The van der Waals surface area contributed by atoms with Gasteiger partial charge in [0.1, 0.15) is 0 Å². The van der Waals surface area contributed by atoms with Gasteiger partial charge in [-0.15, -0.1) is 0 Å². The predicted molar refractivity (Wildman–Crippen MR) is 122 cm³/mol. The average Bonchev–Trinajstić information content (AvgIpc) is 3.07. The van der Waals surface area contributed by atoms with Gasteiger partial charge in [0, 0.05) is 0 Å². The third-order valence-corrected chi connectivity index (χ3v) is 4.65.